The highest BCUT2D eigenvalue weighted by Gasteiger charge is 2.32. The molecule has 2 aliphatic rings. The second-order valence-electron chi connectivity index (χ2n) is 10.7. The molecule has 1 saturated heterocycles. The zero-order valence-electron chi connectivity index (χ0n) is 23.7. The number of aromatic nitrogens is 1. The fourth-order valence-corrected chi connectivity index (χ4v) is 5.95. The van der Waals surface area contributed by atoms with Gasteiger partial charge in [0.15, 0.2) is 0 Å². The molecule has 3 aromatic rings. The van der Waals surface area contributed by atoms with Crippen LogP contribution in [0.3, 0.4) is 0 Å². The number of rotatable bonds is 5. The molecule has 0 radical (unpaired) electrons. The molecule has 5 rings (SSSR count). The van der Waals surface area contributed by atoms with Crippen LogP contribution in [0.1, 0.15) is 29.9 Å². The molecule has 2 aliphatic heterocycles. The number of hydrogen-bond acceptors (Lipinski definition) is 8. The van der Waals surface area contributed by atoms with Crippen molar-refractivity contribution in [3.8, 4) is 29.1 Å². The zero-order chi connectivity index (χ0) is 29.9. The van der Waals surface area contributed by atoms with Gasteiger partial charge in [-0.05, 0) is 50.2 Å². The molecule has 0 spiro atoms. The van der Waals surface area contributed by atoms with E-state index in [1.54, 1.807) is 37.4 Å². The second-order valence-corrected chi connectivity index (χ2v) is 13.1. The van der Waals surface area contributed by atoms with Gasteiger partial charge in [0, 0.05) is 38.0 Å². The van der Waals surface area contributed by atoms with Crippen molar-refractivity contribution < 1.29 is 28.2 Å². The SMILES string of the molecule is CN1C(=O)[C@@H](NC(=O)c2cc(Oc3ccccc3)ccn2)COc2ccc(C#CC(C)(C)N3CCS(O)(O)CC3)cc21. The van der Waals surface area contributed by atoms with Gasteiger partial charge in [-0.15, -0.1) is 0 Å². The van der Waals surface area contributed by atoms with Crippen LogP contribution >= 0.6 is 10.6 Å². The first kappa shape index (κ1) is 29.4. The molecule has 220 valence electrons. The van der Waals surface area contributed by atoms with Crippen molar-refractivity contribution in [2.75, 3.05) is 43.1 Å². The predicted octanol–water partition coefficient (Wildman–Crippen LogP) is 4.22. The van der Waals surface area contributed by atoms with Gasteiger partial charge < -0.3 is 19.7 Å². The predicted molar refractivity (Wildman–Crippen MR) is 162 cm³/mol. The quantitative estimate of drug-likeness (QED) is 0.378. The Hall–Kier alpha value is -4.08. The van der Waals surface area contributed by atoms with Crippen molar-refractivity contribution in [2.24, 2.45) is 0 Å². The molecule has 2 amide bonds. The average molecular weight is 591 g/mol. The summed E-state index contributed by atoms with van der Waals surface area (Å²) in [6.45, 7) is 5.09. The van der Waals surface area contributed by atoms with Gasteiger partial charge in [-0.3, -0.25) is 28.6 Å². The number of nitrogens with zero attached hydrogens (tertiary/aromatic N) is 3. The zero-order valence-corrected chi connectivity index (χ0v) is 24.6. The Morgan fingerprint density at radius 2 is 1.83 bits per heavy atom. The van der Waals surface area contributed by atoms with Crippen LogP contribution in [0.5, 0.6) is 17.2 Å². The number of anilines is 1. The van der Waals surface area contributed by atoms with E-state index < -0.39 is 28.1 Å². The Labute approximate surface area is 247 Å². The fraction of sp³-hybridized carbons (Fsp3) is 0.323. The maximum absolute atomic E-state index is 13.4. The van der Waals surface area contributed by atoms with Crippen LogP contribution < -0.4 is 19.7 Å². The van der Waals surface area contributed by atoms with Gasteiger partial charge >= 0.3 is 0 Å². The molecule has 42 heavy (non-hydrogen) atoms. The summed E-state index contributed by atoms with van der Waals surface area (Å²) in [6.07, 6.45) is 1.48. The first-order chi connectivity index (χ1) is 20.0. The number of amides is 2. The topological polar surface area (TPSA) is 124 Å². The number of para-hydroxylation sites is 1. The molecule has 1 fully saturated rings. The van der Waals surface area contributed by atoms with Crippen molar-refractivity contribution in [3.63, 3.8) is 0 Å². The molecule has 3 heterocycles. The first-order valence-corrected chi connectivity index (χ1v) is 15.5. The summed E-state index contributed by atoms with van der Waals surface area (Å²) in [4.78, 5) is 34.2. The lowest BCUT2D eigenvalue weighted by molar-refractivity contribution is -0.120. The normalized spacial score (nSPS) is 19.3. The standard InChI is InChI=1S/C31H34N4O6S/c1-31(2,35-15-17-42(38,39)18-16-35)13-11-22-9-10-28-27(19-22)34(3)30(37)26(21-40-28)33-29(36)25-20-24(12-14-32-25)41-23-7-5-4-6-8-23/h4-10,12,14,19-20,26,38-39H,15-18,21H2,1-3H3,(H,33,36)/t26-/m0/s1. The fourth-order valence-electron chi connectivity index (χ4n) is 4.73. The van der Waals surface area contributed by atoms with E-state index in [4.69, 9.17) is 9.47 Å². The number of likely N-dealkylation sites (N-methyl/N-ethyl adjacent to an activating group) is 1. The van der Waals surface area contributed by atoms with Crippen LogP contribution in [0.2, 0.25) is 0 Å². The number of fused-ring (bicyclic) bond motifs is 1. The van der Waals surface area contributed by atoms with Gasteiger partial charge in [0.1, 0.15) is 35.6 Å². The largest absolute Gasteiger partial charge is 0.489 e. The molecule has 0 unspecified atom stereocenters. The third-order valence-electron chi connectivity index (χ3n) is 7.28. The van der Waals surface area contributed by atoms with Gasteiger partial charge in [-0.1, -0.05) is 30.0 Å². The van der Waals surface area contributed by atoms with Gasteiger partial charge in [0.25, 0.3) is 11.8 Å². The highest BCUT2D eigenvalue weighted by molar-refractivity contribution is 8.24. The van der Waals surface area contributed by atoms with Gasteiger partial charge in [-0.25, -0.2) is 0 Å². The minimum absolute atomic E-state index is 0.0473. The molecule has 0 aliphatic carbocycles. The first-order valence-electron chi connectivity index (χ1n) is 13.6. The molecular weight excluding hydrogens is 556 g/mol. The van der Waals surface area contributed by atoms with Crippen LogP contribution in [-0.4, -0.2) is 80.6 Å². The Bertz CT molecular complexity index is 1530. The lowest BCUT2D eigenvalue weighted by Crippen LogP contribution is -2.49. The molecule has 0 saturated carbocycles. The number of nitrogens with one attached hydrogen (secondary N) is 1. The van der Waals surface area contributed by atoms with Gasteiger partial charge in [0.2, 0.25) is 0 Å². The van der Waals surface area contributed by atoms with E-state index in [1.807, 2.05) is 38.1 Å². The van der Waals surface area contributed by atoms with Crippen molar-refractivity contribution in [2.45, 2.75) is 25.4 Å². The van der Waals surface area contributed by atoms with E-state index in [1.165, 1.54) is 17.2 Å². The van der Waals surface area contributed by atoms with E-state index in [0.29, 0.717) is 53.1 Å². The van der Waals surface area contributed by atoms with Crippen molar-refractivity contribution in [1.82, 2.24) is 15.2 Å². The highest BCUT2D eigenvalue weighted by atomic mass is 32.3. The van der Waals surface area contributed by atoms with Crippen LogP contribution in [-0.2, 0) is 4.79 Å². The molecule has 10 nitrogen and oxygen atoms in total. The number of hydrogen-bond donors (Lipinski definition) is 3. The maximum Gasteiger partial charge on any atom is 0.270 e. The summed E-state index contributed by atoms with van der Waals surface area (Å²) in [5.74, 6) is 7.91. The second kappa shape index (κ2) is 12.0. The Balaban J connectivity index is 1.26. The Morgan fingerprint density at radius 1 is 1.10 bits per heavy atom. The van der Waals surface area contributed by atoms with Crippen molar-refractivity contribution in [1.29, 1.82) is 0 Å². The Kier molecular flexibility index (Phi) is 8.43. The lowest BCUT2D eigenvalue weighted by Gasteiger charge is -2.45. The lowest BCUT2D eigenvalue weighted by atomic mass is 10.0. The van der Waals surface area contributed by atoms with E-state index in [2.05, 4.69) is 27.0 Å². The summed E-state index contributed by atoms with van der Waals surface area (Å²) in [5, 5.41) is 2.74. The van der Waals surface area contributed by atoms with Crippen LogP contribution in [0.25, 0.3) is 0 Å². The van der Waals surface area contributed by atoms with Crippen LogP contribution in [0.15, 0.2) is 66.9 Å². The van der Waals surface area contributed by atoms with Gasteiger partial charge in [-0.2, -0.15) is 10.6 Å². The smallest absolute Gasteiger partial charge is 0.270 e. The summed E-state index contributed by atoms with van der Waals surface area (Å²) < 4.78 is 31.6. The third-order valence-corrected chi connectivity index (χ3v) is 8.96. The van der Waals surface area contributed by atoms with Crippen molar-refractivity contribution >= 4 is 28.1 Å². The molecular formula is C31H34N4O6S. The average Bonchev–Trinajstić information content (AvgIpc) is 3.08. The molecule has 2 aromatic carbocycles. The molecule has 0 bridgehead atoms. The van der Waals surface area contributed by atoms with E-state index in [-0.39, 0.29) is 18.2 Å². The summed E-state index contributed by atoms with van der Waals surface area (Å²) in [7, 11) is -0.853. The summed E-state index contributed by atoms with van der Waals surface area (Å²) >= 11 is 0. The number of benzene rings is 2. The van der Waals surface area contributed by atoms with Crippen LogP contribution in [0.4, 0.5) is 5.69 Å². The molecule has 1 aromatic heterocycles. The maximum atomic E-state index is 13.4. The van der Waals surface area contributed by atoms with Crippen LogP contribution in [0, 0.1) is 11.8 Å². The molecule has 11 heteroatoms. The molecule has 1 atom stereocenters. The molecule has 3 N–H and O–H groups in total. The van der Waals surface area contributed by atoms with E-state index >= 15 is 0 Å². The number of ether oxygens (including phenoxy) is 2. The van der Waals surface area contributed by atoms with Gasteiger partial charge in [0.05, 0.1) is 22.7 Å². The summed E-state index contributed by atoms with van der Waals surface area (Å²) in [5.41, 5.74) is 0.880. The number of pyridine rings is 1. The highest BCUT2D eigenvalue weighted by Crippen LogP contribution is 2.41. The van der Waals surface area contributed by atoms with E-state index in [9.17, 15) is 18.7 Å². The number of carbonyl (C=O) groups is 2. The van der Waals surface area contributed by atoms with Crippen molar-refractivity contribution in [3.05, 3.63) is 78.1 Å². The van der Waals surface area contributed by atoms with E-state index in [0.717, 1.165) is 0 Å². The monoisotopic (exact) mass is 590 g/mol. The summed E-state index contributed by atoms with van der Waals surface area (Å²) in [6, 6.07) is 16.8. The number of carbonyl (C=O) groups excluding carboxylic acids is 2. The minimum Gasteiger partial charge on any atom is -0.489 e. The Morgan fingerprint density at radius 3 is 2.57 bits per heavy atom. The minimum atomic E-state index is -2.49. The third kappa shape index (κ3) is 6.86.